The Morgan fingerprint density at radius 3 is 2.29 bits per heavy atom. The summed E-state index contributed by atoms with van der Waals surface area (Å²) in [5.74, 6) is 1.35. The Labute approximate surface area is 130 Å². The van der Waals surface area contributed by atoms with Crippen molar-refractivity contribution in [3.63, 3.8) is 0 Å². The second-order valence-electron chi connectivity index (χ2n) is 9.28. The van der Waals surface area contributed by atoms with Gasteiger partial charge in [-0.2, -0.15) is 0 Å². The third-order valence-corrected chi connectivity index (χ3v) is 7.68. The van der Waals surface area contributed by atoms with Crippen molar-refractivity contribution >= 4 is 0 Å². The Bertz CT molecular complexity index is 412. The van der Waals surface area contributed by atoms with Crippen LogP contribution in [0.1, 0.15) is 84.5 Å². The topological polar surface area (TPSA) is 35.2 Å². The van der Waals surface area contributed by atoms with Crippen molar-refractivity contribution < 1.29 is 4.74 Å². The lowest BCUT2D eigenvalue weighted by Gasteiger charge is -2.62. The van der Waals surface area contributed by atoms with Gasteiger partial charge in [-0.15, -0.1) is 0 Å². The lowest BCUT2D eigenvalue weighted by molar-refractivity contribution is -0.271. The van der Waals surface area contributed by atoms with Gasteiger partial charge in [0.15, 0.2) is 0 Å². The van der Waals surface area contributed by atoms with E-state index in [9.17, 15) is 0 Å². The van der Waals surface area contributed by atoms with Gasteiger partial charge in [0.25, 0.3) is 0 Å². The minimum absolute atomic E-state index is 0.00377. The summed E-state index contributed by atoms with van der Waals surface area (Å²) >= 11 is 0. The van der Waals surface area contributed by atoms with Crippen LogP contribution in [0.4, 0.5) is 0 Å². The first-order chi connectivity index (χ1) is 9.95. The Kier molecular flexibility index (Phi) is 3.25. The molecule has 2 aliphatic heterocycles. The molecule has 0 aromatic carbocycles. The van der Waals surface area contributed by atoms with Gasteiger partial charge in [-0.05, 0) is 76.5 Å². The molecule has 3 aliphatic carbocycles. The molecule has 2 bridgehead atoms. The molecule has 2 heteroatoms. The van der Waals surface area contributed by atoms with E-state index >= 15 is 0 Å². The molecule has 2 nitrogen and oxygen atoms in total. The highest BCUT2D eigenvalue weighted by Crippen LogP contribution is 2.59. The highest BCUT2D eigenvalue weighted by Gasteiger charge is 2.58. The Balaban J connectivity index is 1.59. The standard InChI is InChI=1S/C19H33NO/c1-17(2)15-7-11-19(21-17,13-16(15)20)14-6-5-10-18(12-14)8-3-4-9-18/h14-16H,3-13,20H2,1-2H3. The molecular weight excluding hydrogens is 258 g/mol. The largest absolute Gasteiger partial charge is 0.368 e. The van der Waals surface area contributed by atoms with Gasteiger partial charge in [0.05, 0.1) is 11.2 Å². The SMILES string of the molecule is CC1(C)OC2(C3CCCC4(CCCC4)C3)CCC1C(N)C2. The molecule has 2 saturated heterocycles. The molecule has 0 amide bonds. The van der Waals surface area contributed by atoms with Crippen LogP contribution >= 0.6 is 0 Å². The van der Waals surface area contributed by atoms with Crippen LogP contribution in [0.2, 0.25) is 0 Å². The quantitative estimate of drug-likeness (QED) is 0.776. The minimum atomic E-state index is -0.00377. The summed E-state index contributed by atoms with van der Waals surface area (Å²) in [5, 5.41) is 0. The molecule has 2 heterocycles. The number of nitrogens with two attached hydrogens (primary N) is 1. The van der Waals surface area contributed by atoms with Crippen LogP contribution in [0.15, 0.2) is 0 Å². The number of hydrogen-bond donors (Lipinski definition) is 1. The summed E-state index contributed by atoms with van der Waals surface area (Å²) in [6.45, 7) is 4.58. The van der Waals surface area contributed by atoms with E-state index in [1.807, 2.05) is 0 Å². The molecule has 1 spiro atoms. The Morgan fingerprint density at radius 2 is 1.62 bits per heavy atom. The minimum Gasteiger partial charge on any atom is -0.368 e. The van der Waals surface area contributed by atoms with E-state index in [0.717, 1.165) is 12.3 Å². The average molecular weight is 291 g/mol. The maximum absolute atomic E-state index is 6.79. The molecule has 5 rings (SSSR count). The summed E-state index contributed by atoms with van der Waals surface area (Å²) in [6, 6.07) is 0.365. The van der Waals surface area contributed by atoms with Gasteiger partial charge in [-0.3, -0.25) is 0 Å². The third kappa shape index (κ3) is 2.20. The monoisotopic (exact) mass is 291 g/mol. The normalized spacial score (nSPS) is 47.9. The zero-order chi connectivity index (χ0) is 14.7. The number of fused-ring (bicyclic) bond motifs is 3. The van der Waals surface area contributed by atoms with Gasteiger partial charge in [0.2, 0.25) is 0 Å². The molecular formula is C19H33NO. The van der Waals surface area contributed by atoms with E-state index in [4.69, 9.17) is 10.5 Å². The first-order valence-electron chi connectivity index (χ1n) is 9.41. The van der Waals surface area contributed by atoms with Gasteiger partial charge < -0.3 is 10.5 Å². The summed E-state index contributed by atoms with van der Waals surface area (Å²) in [5.41, 5.74) is 7.35. The number of hydrogen-bond acceptors (Lipinski definition) is 2. The molecule has 4 atom stereocenters. The molecule has 5 fully saturated rings. The zero-order valence-corrected chi connectivity index (χ0v) is 14.0. The summed E-state index contributed by atoms with van der Waals surface area (Å²) in [7, 11) is 0. The van der Waals surface area contributed by atoms with E-state index in [0.29, 0.717) is 17.4 Å². The molecule has 2 N–H and O–H groups in total. The van der Waals surface area contributed by atoms with Crippen molar-refractivity contribution in [2.75, 3.05) is 0 Å². The first kappa shape index (κ1) is 14.5. The van der Waals surface area contributed by atoms with Gasteiger partial charge in [0.1, 0.15) is 0 Å². The molecule has 4 unspecified atom stereocenters. The van der Waals surface area contributed by atoms with Crippen LogP contribution in [0.3, 0.4) is 0 Å². The smallest absolute Gasteiger partial charge is 0.0733 e. The fraction of sp³-hybridized carbons (Fsp3) is 1.00. The molecule has 5 aliphatic rings. The molecule has 0 radical (unpaired) electrons. The van der Waals surface area contributed by atoms with Crippen molar-refractivity contribution in [2.24, 2.45) is 23.0 Å². The van der Waals surface area contributed by atoms with Crippen molar-refractivity contribution in [3.8, 4) is 0 Å². The Hall–Kier alpha value is -0.0800. The predicted molar refractivity (Wildman–Crippen MR) is 86.1 cm³/mol. The van der Waals surface area contributed by atoms with E-state index in [2.05, 4.69) is 13.8 Å². The summed E-state index contributed by atoms with van der Waals surface area (Å²) in [6.07, 6.45) is 15.3. The lowest BCUT2D eigenvalue weighted by Crippen LogP contribution is -2.66. The van der Waals surface area contributed by atoms with Crippen molar-refractivity contribution in [1.82, 2.24) is 0 Å². The van der Waals surface area contributed by atoms with Crippen LogP contribution in [0.25, 0.3) is 0 Å². The molecule has 21 heavy (non-hydrogen) atoms. The summed E-state index contributed by atoms with van der Waals surface area (Å²) < 4.78 is 6.79. The van der Waals surface area contributed by atoms with Gasteiger partial charge in [-0.1, -0.05) is 19.3 Å². The zero-order valence-electron chi connectivity index (χ0n) is 14.0. The fourth-order valence-corrected chi connectivity index (χ4v) is 6.75. The van der Waals surface area contributed by atoms with Crippen molar-refractivity contribution in [2.45, 2.75) is 102 Å². The second kappa shape index (κ2) is 4.71. The predicted octanol–water partition coefficient (Wildman–Crippen LogP) is 4.41. The van der Waals surface area contributed by atoms with Crippen LogP contribution in [-0.4, -0.2) is 17.2 Å². The first-order valence-corrected chi connectivity index (χ1v) is 9.41. The van der Waals surface area contributed by atoms with Crippen LogP contribution in [0, 0.1) is 17.3 Å². The Morgan fingerprint density at radius 1 is 0.905 bits per heavy atom. The second-order valence-corrected chi connectivity index (χ2v) is 9.28. The fourth-order valence-electron chi connectivity index (χ4n) is 6.75. The summed E-state index contributed by atoms with van der Waals surface area (Å²) in [4.78, 5) is 0. The maximum Gasteiger partial charge on any atom is 0.0733 e. The number of rotatable bonds is 1. The van der Waals surface area contributed by atoms with E-state index in [1.165, 1.54) is 64.2 Å². The molecule has 0 aromatic rings. The van der Waals surface area contributed by atoms with Crippen molar-refractivity contribution in [1.29, 1.82) is 0 Å². The highest BCUT2D eigenvalue weighted by atomic mass is 16.5. The molecule has 3 saturated carbocycles. The third-order valence-electron chi connectivity index (χ3n) is 7.68. The lowest BCUT2D eigenvalue weighted by atomic mass is 9.56. The molecule has 0 aromatic heterocycles. The number of ether oxygens (including phenoxy) is 1. The maximum atomic E-state index is 6.79. The van der Waals surface area contributed by atoms with Gasteiger partial charge in [0, 0.05) is 12.0 Å². The van der Waals surface area contributed by atoms with Gasteiger partial charge >= 0.3 is 0 Å². The van der Waals surface area contributed by atoms with Crippen LogP contribution in [0.5, 0.6) is 0 Å². The molecule has 120 valence electrons. The van der Waals surface area contributed by atoms with Gasteiger partial charge in [-0.25, -0.2) is 0 Å². The van der Waals surface area contributed by atoms with E-state index in [1.54, 1.807) is 0 Å². The van der Waals surface area contributed by atoms with E-state index in [-0.39, 0.29) is 11.2 Å². The van der Waals surface area contributed by atoms with E-state index < -0.39 is 0 Å². The van der Waals surface area contributed by atoms with Crippen LogP contribution in [-0.2, 0) is 4.74 Å². The van der Waals surface area contributed by atoms with Crippen LogP contribution < -0.4 is 5.73 Å². The highest BCUT2D eigenvalue weighted by molar-refractivity contribution is 5.10. The van der Waals surface area contributed by atoms with Crippen molar-refractivity contribution in [3.05, 3.63) is 0 Å². The average Bonchev–Trinajstić information content (AvgIpc) is 2.85.